The number of furan rings is 1. The molecule has 0 aliphatic carbocycles. The Labute approximate surface area is 214 Å². The van der Waals surface area contributed by atoms with Crippen LogP contribution in [-0.2, 0) is 25.7 Å². The molecular weight excluding hydrogens is 530 g/mol. The van der Waals surface area contributed by atoms with E-state index in [1.165, 1.54) is 0 Å². The lowest BCUT2D eigenvalue weighted by atomic mass is 9.75. The van der Waals surface area contributed by atoms with Gasteiger partial charge in [0.1, 0.15) is 5.76 Å². The van der Waals surface area contributed by atoms with Gasteiger partial charge in [-0.1, -0.05) is 6.08 Å². The number of hydrogen-bond donors (Lipinski definition) is 2. The number of fused-ring (bicyclic) bond motifs is 1. The molecule has 2 aliphatic heterocycles. The van der Waals surface area contributed by atoms with Crippen LogP contribution in [0.5, 0.6) is 0 Å². The van der Waals surface area contributed by atoms with Crippen molar-refractivity contribution in [1.29, 1.82) is 0 Å². The predicted octanol–water partition coefficient (Wildman–Crippen LogP) is 3.81. The molecule has 0 unspecified atom stereocenters. The average molecular weight is 560 g/mol. The van der Waals surface area contributed by atoms with Gasteiger partial charge in [-0.2, -0.15) is 26.3 Å². The zero-order valence-electron chi connectivity index (χ0n) is 20.6. The number of ether oxygens (including phenoxy) is 1. The van der Waals surface area contributed by atoms with Crippen LogP contribution in [0.2, 0.25) is 0 Å². The van der Waals surface area contributed by atoms with Gasteiger partial charge in [-0.15, -0.1) is 6.58 Å². The Balaban J connectivity index is 0.000000426. The Hall–Kier alpha value is -3.07. The van der Waals surface area contributed by atoms with E-state index in [2.05, 4.69) is 16.4 Å². The summed E-state index contributed by atoms with van der Waals surface area (Å²) in [4.78, 5) is 35.4. The summed E-state index contributed by atoms with van der Waals surface area (Å²) in [6.07, 6.45) is -4.61. The van der Waals surface area contributed by atoms with Crippen molar-refractivity contribution in [2.24, 2.45) is 11.3 Å². The molecule has 0 amide bonds. The van der Waals surface area contributed by atoms with Gasteiger partial charge in [-0.25, -0.2) is 9.59 Å². The highest BCUT2D eigenvalue weighted by Crippen LogP contribution is 2.44. The maximum absolute atomic E-state index is 12.8. The van der Waals surface area contributed by atoms with E-state index < -0.39 is 24.3 Å². The lowest BCUT2D eigenvalue weighted by Crippen LogP contribution is -2.42. The quantitative estimate of drug-likeness (QED) is 0.304. The average Bonchev–Trinajstić information content (AvgIpc) is 3.38. The number of carbonyl (C=O) groups excluding carboxylic acids is 1. The molecule has 3 rings (SSSR count). The molecule has 38 heavy (non-hydrogen) atoms. The number of rotatable bonds is 6. The van der Waals surface area contributed by atoms with Gasteiger partial charge >= 0.3 is 30.3 Å². The third-order valence-corrected chi connectivity index (χ3v) is 5.86. The molecule has 2 atom stereocenters. The number of carbonyl (C=O) groups is 3. The first kappa shape index (κ1) is 33.0. The first-order chi connectivity index (χ1) is 17.6. The number of nitrogens with zero attached hydrogens (tertiary/aromatic N) is 2. The topological polar surface area (TPSA) is 121 Å². The monoisotopic (exact) mass is 560 g/mol. The normalized spacial score (nSPS) is 22.0. The second-order valence-electron chi connectivity index (χ2n) is 8.58. The van der Waals surface area contributed by atoms with E-state index in [0.29, 0.717) is 12.5 Å². The Bertz CT molecular complexity index is 896. The van der Waals surface area contributed by atoms with Crippen molar-refractivity contribution in [3.05, 3.63) is 36.8 Å². The summed E-state index contributed by atoms with van der Waals surface area (Å²) in [7, 11) is 0. The molecule has 2 saturated heterocycles. The van der Waals surface area contributed by atoms with Gasteiger partial charge in [-0.05, 0) is 38.4 Å². The second-order valence-corrected chi connectivity index (χ2v) is 8.58. The van der Waals surface area contributed by atoms with Crippen molar-refractivity contribution in [2.45, 2.75) is 38.7 Å². The summed E-state index contributed by atoms with van der Waals surface area (Å²) < 4.78 is 74.5. The zero-order chi connectivity index (χ0) is 29.1. The molecule has 0 bridgehead atoms. The van der Waals surface area contributed by atoms with Crippen LogP contribution in [-0.4, -0.2) is 89.6 Å². The highest BCUT2D eigenvalue weighted by atomic mass is 19.4. The van der Waals surface area contributed by atoms with Crippen LogP contribution in [0.25, 0.3) is 0 Å². The molecule has 0 aromatic carbocycles. The first-order valence-electron chi connectivity index (χ1n) is 11.4. The standard InChI is InChI=1S/C19H28N2O3.2C2HF3O2/c1-3-9-21-13-16-12-20(14-17-7-5-11-24-17)10-6-8-19(16,15-21)18(22)23-4-2;2*3-2(4,5)1(6)7/h3,5,7,11,16H,1,4,6,8-10,12-15H2,2H3;2*(H,6,7)/t16-,19-;;/m0../s1. The van der Waals surface area contributed by atoms with Gasteiger partial charge < -0.3 is 19.4 Å². The fraction of sp³-hybridized carbons (Fsp3) is 0.609. The smallest absolute Gasteiger partial charge is 0.475 e. The predicted molar refractivity (Wildman–Crippen MR) is 120 cm³/mol. The van der Waals surface area contributed by atoms with Gasteiger partial charge in [0, 0.05) is 32.1 Å². The Morgan fingerprint density at radius 3 is 2.13 bits per heavy atom. The van der Waals surface area contributed by atoms with E-state index in [1.54, 1.807) is 6.26 Å². The maximum atomic E-state index is 12.8. The molecule has 216 valence electrons. The fourth-order valence-electron chi connectivity index (χ4n) is 4.31. The molecular formula is C23H30F6N2O7. The summed E-state index contributed by atoms with van der Waals surface area (Å²) in [5, 5.41) is 14.2. The number of carboxylic acid groups (broad SMARTS) is 2. The van der Waals surface area contributed by atoms with Crippen molar-refractivity contribution in [2.75, 3.05) is 39.3 Å². The molecule has 9 nitrogen and oxygen atoms in total. The number of hydrogen-bond acceptors (Lipinski definition) is 7. The van der Waals surface area contributed by atoms with Gasteiger partial charge in [0.2, 0.25) is 0 Å². The summed E-state index contributed by atoms with van der Waals surface area (Å²) in [5.74, 6) is -4.24. The third-order valence-electron chi connectivity index (χ3n) is 5.86. The van der Waals surface area contributed by atoms with Crippen LogP contribution >= 0.6 is 0 Å². The number of alkyl halides is 6. The molecule has 0 saturated carbocycles. The van der Waals surface area contributed by atoms with Crippen molar-refractivity contribution in [3.8, 4) is 0 Å². The second kappa shape index (κ2) is 14.2. The fourth-order valence-corrected chi connectivity index (χ4v) is 4.31. The Morgan fingerprint density at radius 2 is 1.68 bits per heavy atom. The molecule has 2 fully saturated rings. The minimum Gasteiger partial charge on any atom is -0.475 e. The first-order valence-corrected chi connectivity index (χ1v) is 11.4. The Kier molecular flexibility index (Phi) is 12.3. The van der Waals surface area contributed by atoms with Crippen molar-refractivity contribution in [1.82, 2.24) is 9.80 Å². The largest absolute Gasteiger partial charge is 0.490 e. The SMILES string of the molecule is C=CCN1C[C@@H]2CN(Cc3ccco3)CCC[C@]2(C(=O)OCC)C1.O=C(O)C(F)(F)F.O=C(O)C(F)(F)F. The van der Waals surface area contributed by atoms with E-state index in [0.717, 1.165) is 57.9 Å². The number of carboxylic acids is 2. The van der Waals surface area contributed by atoms with Gasteiger partial charge in [0.05, 0.1) is 24.8 Å². The lowest BCUT2D eigenvalue weighted by molar-refractivity contribution is -0.193. The minimum atomic E-state index is -5.08. The van der Waals surface area contributed by atoms with Gasteiger partial charge in [0.25, 0.3) is 0 Å². The molecule has 2 aliphatic rings. The van der Waals surface area contributed by atoms with E-state index in [4.69, 9.17) is 29.0 Å². The van der Waals surface area contributed by atoms with E-state index in [1.807, 2.05) is 25.1 Å². The molecule has 1 aromatic heterocycles. The number of esters is 1. The maximum Gasteiger partial charge on any atom is 0.490 e. The molecule has 1 aromatic rings. The zero-order valence-corrected chi connectivity index (χ0v) is 20.6. The summed E-state index contributed by atoms with van der Waals surface area (Å²) in [5.41, 5.74) is -0.364. The molecule has 3 heterocycles. The highest BCUT2D eigenvalue weighted by molar-refractivity contribution is 5.78. The summed E-state index contributed by atoms with van der Waals surface area (Å²) in [6, 6.07) is 3.94. The summed E-state index contributed by atoms with van der Waals surface area (Å²) in [6.45, 7) is 11.5. The van der Waals surface area contributed by atoms with E-state index >= 15 is 0 Å². The van der Waals surface area contributed by atoms with Crippen LogP contribution < -0.4 is 0 Å². The number of halogens is 6. The minimum absolute atomic E-state index is 0.0126. The number of likely N-dealkylation sites (tertiary alicyclic amines) is 2. The lowest BCUT2D eigenvalue weighted by Gasteiger charge is -2.31. The van der Waals surface area contributed by atoms with Crippen LogP contribution in [0.15, 0.2) is 35.5 Å². The van der Waals surface area contributed by atoms with Crippen LogP contribution in [0.1, 0.15) is 25.5 Å². The van der Waals surface area contributed by atoms with Crippen molar-refractivity contribution in [3.63, 3.8) is 0 Å². The molecule has 2 N–H and O–H groups in total. The van der Waals surface area contributed by atoms with Gasteiger partial charge in [0.15, 0.2) is 0 Å². The van der Waals surface area contributed by atoms with Crippen LogP contribution in [0, 0.1) is 11.3 Å². The van der Waals surface area contributed by atoms with Crippen molar-refractivity contribution >= 4 is 17.9 Å². The van der Waals surface area contributed by atoms with Crippen molar-refractivity contribution < 1.29 is 60.1 Å². The molecule has 0 radical (unpaired) electrons. The third kappa shape index (κ3) is 10.0. The number of aliphatic carboxylic acids is 2. The van der Waals surface area contributed by atoms with Crippen LogP contribution in [0.3, 0.4) is 0 Å². The van der Waals surface area contributed by atoms with E-state index in [9.17, 15) is 31.1 Å². The van der Waals surface area contributed by atoms with Gasteiger partial charge in [-0.3, -0.25) is 14.6 Å². The Morgan fingerprint density at radius 1 is 1.13 bits per heavy atom. The van der Waals surface area contributed by atoms with E-state index in [-0.39, 0.29) is 11.4 Å². The van der Waals surface area contributed by atoms with Crippen LogP contribution in [0.4, 0.5) is 26.3 Å². The summed E-state index contributed by atoms with van der Waals surface area (Å²) >= 11 is 0. The molecule has 0 spiro atoms. The highest BCUT2D eigenvalue weighted by Gasteiger charge is 2.53. The molecule has 15 heteroatoms.